The summed E-state index contributed by atoms with van der Waals surface area (Å²) in [5.41, 5.74) is 3.61. The van der Waals surface area contributed by atoms with Crippen LogP contribution >= 0.6 is 0 Å². The van der Waals surface area contributed by atoms with Gasteiger partial charge in [-0.05, 0) is 35.8 Å². The fourth-order valence-electron chi connectivity index (χ4n) is 2.67. The van der Waals surface area contributed by atoms with Gasteiger partial charge in [-0.2, -0.15) is 5.26 Å². The lowest BCUT2D eigenvalue weighted by molar-refractivity contribution is 0.0773. The summed E-state index contributed by atoms with van der Waals surface area (Å²) in [6, 6.07) is 19.2. The standard InChI is InChI=1S/C19H16N2O/c20-14-15-5-4-8-18(13-15)19(22)21-11-9-17(10-12-21)16-6-2-1-3-7-16/h1-9,13H,10-12H2. The number of carbonyl (C=O) groups excluding carboxylic acids is 1. The molecule has 22 heavy (non-hydrogen) atoms. The molecule has 108 valence electrons. The molecule has 3 heteroatoms. The second-order valence-corrected chi connectivity index (χ2v) is 5.29. The highest BCUT2D eigenvalue weighted by Crippen LogP contribution is 2.23. The molecule has 1 aliphatic heterocycles. The number of rotatable bonds is 2. The van der Waals surface area contributed by atoms with Gasteiger partial charge < -0.3 is 4.90 Å². The highest BCUT2D eigenvalue weighted by Gasteiger charge is 2.19. The molecule has 2 aromatic carbocycles. The minimum absolute atomic E-state index is 0.0135. The Morgan fingerprint density at radius 2 is 1.91 bits per heavy atom. The van der Waals surface area contributed by atoms with E-state index in [0.717, 1.165) is 6.42 Å². The average molecular weight is 288 g/mol. The first-order valence-electron chi connectivity index (χ1n) is 7.32. The van der Waals surface area contributed by atoms with Gasteiger partial charge in [-0.25, -0.2) is 0 Å². The van der Waals surface area contributed by atoms with Crippen LogP contribution in [0.5, 0.6) is 0 Å². The van der Waals surface area contributed by atoms with Crippen LogP contribution in [0, 0.1) is 11.3 Å². The van der Waals surface area contributed by atoms with Crippen molar-refractivity contribution in [1.82, 2.24) is 4.90 Å². The van der Waals surface area contributed by atoms with Crippen molar-refractivity contribution in [3.8, 4) is 6.07 Å². The highest BCUT2D eigenvalue weighted by atomic mass is 16.2. The van der Waals surface area contributed by atoms with Crippen molar-refractivity contribution < 1.29 is 4.79 Å². The van der Waals surface area contributed by atoms with E-state index in [-0.39, 0.29) is 5.91 Å². The molecule has 0 aliphatic carbocycles. The Labute approximate surface area is 130 Å². The molecule has 0 spiro atoms. The maximum atomic E-state index is 12.5. The predicted molar refractivity (Wildman–Crippen MR) is 86.1 cm³/mol. The Hall–Kier alpha value is -2.86. The molecule has 0 N–H and O–H groups in total. The van der Waals surface area contributed by atoms with Gasteiger partial charge in [0.15, 0.2) is 0 Å². The van der Waals surface area contributed by atoms with Gasteiger partial charge in [0.2, 0.25) is 0 Å². The smallest absolute Gasteiger partial charge is 0.254 e. The molecule has 0 radical (unpaired) electrons. The minimum atomic E-state index is -0.0135. The SMILES string of the molecule is N#Cc1cccc(C(=O)N2CC=C(c3ccccc3)CC2)c1. The minimum Gasteiger partial charge on any atom is -0.335 e. The molecule has 0 fully saturated rings. The predicted octanol–water partition coefficient (Wildman–Crippen LogP) is 3.49. The van der Waals surface area contributed by atoms with Crippen LogP contribution in [0.3, 0.4) is 0 Å². The molecule has 3 rings (SSSR count). The van der Waals surface area contributed by atoms with Crippen LogP contribution in [0.4, 0.5) is 0 Å². The van der Waals surface area contributed by atoms with Gasteiger partial charge in [0, 0.05) is 18.7 Å². The molecule has 3 nitrogen and oxygen atoms in total. The zero-order valence-corrected chi connectivity index (χ0v) is 12.2. The summed E-state index contributed by atoms with van der Waals surface area (Å²) in [6.45, 7) is 1.32. The Bertz CT molecular complexity index is 757. The Morgan fingerprint density at radius 3 is 2.59 bits per heavy atom. The van der Waals surface area contributed by atoms with Crippen molar-refractivity contribution in [2.24, 2.45) is 0 Å². The van der Waals surface area contributed by atoms with Crippen molar-refractivity contribution >= 4 is 11.5 Å². The van der Waals surface area contributed by atoms with E-state index in [9.17, 15) is 4.79 Å². The third-order valence-electron chi connectivity index (χ3n) is 3.88. The number of hydrogen-bond acceptors (Lipinski definition) is 2. The highest BCUT2D eigenvalue weighted by molar-refractivity contribution is 5.95. The van der Waals surface area contributed by atoms with Gasteiger partial charge >= 0.3 is 0 Å². The lowest BCUT2D eigenvalue weighted by Gasteiger charge is -2.26. The molecule has 0 bridgehead atoms. The number of benzene rings is 2. The molecule has 1 amide bonds. The summed E-state index contributed by atoms with van der Waals surface area (Å²) < 4.78 is 0. The number of hydrogen-bond donors (Lipinski definition) is 0. The van der Waals surface area contributed by atoms with Crippen LogP contribution in [0.15, 0.2) is 60.7 Å². The van der Waals surface area contributed by atoms with E-state index in [1.165, 1.54) is 11.1 Å². The molecule has 0 saturated carbocycles. The third kappa shape index (κ3) is 2.91. The van der Waals surface area contributed by atoms with Crippen LogP contribution in [-0.4, -0.2) is 23.9 Å². The maximum absolute atomic E-state index is 12.5. The third-order valence-corrected chi connectivity index (χ3v) is 3.88. The van der Waals surface area contributed by atoms with Gasteiger partial charge in [0.25, 0.3) is 5.91 Å². The molecule has 0 unspecified atom stereocenters. The van der Waals surface area contributed by atoms with Crippen LogP contribution in [0.1, 0.15) is 27.9 Å². The molecule has 1 aliphatic rings. The summed E-state index contributed by atoms with van der Waals surface area (Å²) in [5, 5.41) is 8.93. The van der Waals surface area contributed by atoms with Gasteiger partial charge in [0.1, 0.15) is 0 Å². The summed E-state index contributed by atoms with van der Waals surface area (Å²) in [6.07, 6.45) is 2.97. The van der Waals surface area contributed by atoms with Gasteiger partial charge in [-0.1, -0.05) is 42.5 Å². The molecular formula is C19H16N2O. The van der Waals surface area contributed by atoms with E-state index in [0.29, 0.717) is 24.2 Å². The molecule has 0 aromatic heterocycles. The van der Waals surface area contributed by atoms with E-state index in [4.69, 9.17) is 5.26 Å². The van der Waals surface area contributed by atoms with E-state index in [1.54, 1.807) is 24.3 Å². The van der Waals surface area contributed by atoms with E-state index in [1.807, 2.05) is 23.1 Å². The lowest BCUT2D eigenvalue weighted by atomic mass is 9.99. The number of nitriles is 1. The first-order chi connectivity index (χ1) is 10.8. The summed E-state index contributed by atoms with van der Waals surface area (Å²) in [4.78, 5) is 14.3. The zero-order chi connectivity index (χ0) is 15.4. The van der Waals surface area contributed by atoms with Gasteiger partial charge in [-0.15, -0.1) is 0 Å². The fraction of sp³-hybridized carbons (Fsp3) is 0.158. The Kier molecular flexibility index (Phi) is 4.02. The first kappa shape index (κ1) is 14.1. The van der Waals surface area contributed by atoms with Gasteiger partial charge in [-0.3, -0.25) is 4.79 Å². The monoisotopic (exact) mass is 288 g/mol. The number of amides is 1. The number of nitrogens with zero attached hydrogens (tertiary/aromatic N) is 2. The zero-order valence-electron chi connectivity index (χ0n) is 12.2. The molecule has 0 saturated heterocycles. The number of carbonyl (C=O) groups is 1. The van der Waals surface area contributed by atoms with Crippen LogP contribution in [-0.2, 0) is 0 Å². The van der Waals surface area contributed by atoms with Crippen LogP contribution in [0.2, 0.25) is 0 Å². The summed E-state index contributed by atoms with van der Waals surface area (Å²) in [5.74, 6) is -0.0135. The van der Waals surface area contributed by atoms with Crippen molar-refractivity contribution in [2.75, 3.05) is 13.1 Å². The second-order valence-electron chi connectivity index (χ2n) is 5.29. The topological polar surface area (TPSA) is 44.1 Å². The largest absolute Gasteiger partial charge is 0.335 e. The van der Waals surface area contributed by atoms with Crippen molar-refractivity contribution in [1.29, 1.82) is 5.26 Å². The summed E-state index contributed by atoms with van der Waals surface area (Å²) >= 11 is 0. The molecular weight excluding hydrogens is 272 g/mol. The normalized spacial score (nSPS) is 14.1. The lowest BCUT2D eigenvalue weighted by Crippen LogP contribution is -2.34. The Morgan fingerprint density at radius 1 is 1.09 bits per heavy atom. The van der Waals surface area contributed by atoms with E-state index >= 15 is 0 Å². The van der Waals surface area contributed by atoms with Crippen LogP contribution < -0.4 is 0 Å². The fourth-order valence-corrected chi connectivity index (χ4v) is 2.67. The molecule has 0 atom stereocenters. The van der Waals surface area contributed by atoms with Crippen molar-refractivity contribution in [2.45, 2.75) is 6.42 Å². The van der Waals surface area contributed by atoms with Crippen LogP contribution in [0.25, 0.3) is 5.57 Å². The second kappa shape index (κ2) is 6.28. The Balaban J connectivity index is 1.74. The van der Waals surface area contributed by atoms with Gasteiger partial charge in [0.05, 0.1) is 11.6 Å². The van der Waals surface area contributed by atoms with E-state index in [2.05, 4.69) is 24.3 Å². The average Bonchev–Trinajstić information content (AvgIpc) is 2.62. The molecule has 1 heterocycles. The van der Waals surface area contributed by atoms with Crippen molar-refractivity contribution in [3.63, 3.8) is 0 Å². The quantitative estimate of drug-likeness (QED) is 0.849. The maximum Gasteiger partial charge on any atom is 0.254 e. The molecule has 2 aromatic rings. The summed E-state index contributed by atoms with van der Waals surface area (Å²) in [7, 11) is 0. The first-order valence-corrected chi connectivity index (χ1v) is 7.32. The van der Waals surface area contributed by atoms with Crippen molar-refractivity contribution in [3.05, 3.63) is 77.4 Å². The van der Waals surface area contributed by atoms with E-state index < -0.39 is 0 Å².